The van der Waals surface area contributed by atoms with E-state index in [1.54, 1.807) is 12.5 Å². The van der Waals surface area contributed by atoms with Gasteiger partial charge < -0.3 is 23.9 Å². The van der Waals surface area contributed by atoms with Gasteiger partial charge in [0.2, 0.25) is 13.2 Å². The highest BCUT2D eigenvalue weighted by Gasteiger charge is 2.32. The second-order valence-corrected chi connectivity index (χ2v) is 9.56. The van der Waals surface area contributed by atoms with E-state index >= 15 is 0 Å². The van der Waals surface area contributed by atoms with Gasteiger partial charge in [0.1, 0.15) is 6.26 Å². The Morgan fingerprint density at radius 1 is 1.26 bits per heavy atom. The number of fused-ring (bicyclic) bond motifs is 1. The minimum atomic E-state index is -0.829. The van der Waals surface area contributed by atoms with Crippen LogP contribution in [0.5, 0.6) is 11.5 Å². The smallest absolute Gasteiger partial charge is 0.364 e. The van der Waals surface area contributed by atoms with Crippen LogP contribution < -0.4 is 9.47 Å². The average molecular weight is 552 g/mol. The molecule has 0 spiro atoms. The number of hydroxylamine groups is 2. The number of likely N-dealkylation sites (tertiary alicyclic amines) is 1. The van der Waals surface area contributed by atoms with Crippen molar-refractivity contribution in [2.24, 2.45) is 0 Å². The minimum Gasteiger partial charge on any atom is -0.473 e. The summed E-state index contributed by atoms with van der Waals surface area (Å²) in [6.07, 6.45) is 10.7. The number of carbonyl (C=O) groups is 2. The quantitative estimate of drug-likeness (QED) is 0.286. The number of aryl methyl sites for hydroxylation is 1. The molecule has 1 aromatic heterocycles. The molecule has 1 N–H and O–H groups in total. The molecule has 212 valence electrons. The number of hydrogen-bond acceptors (Lipinski definition) is 9. The van der Waals surface area contributed by atoms with E-state index in [0.29, 0.717) is 31.9 Å². The van der Waals surface area contributed by atoms with Crippen LogP contribution >= 0.6 is 11.8 Å². The van der Waals surface area contributed by atoms with Crippen molar-refractivity contribution in [1.82, 2.24) is 14.9 Å². The third kappa shape index (κ3) is 10.5. The van der Waals surface area contributed by atoms with Crippen LogP contribution in [-0.4, -0.2) is 77.1 Å². The summed E-state index contributed by atoms with van der Waals surface area (Å²) < 4.78 is 16.3. The molecule has 2 aliphatic heterocycles. The molecule has 0 radical (unpaired) electrons. The molecule has 3 heterocycles. The van der Waals surface area contributed by atoms with Crippen molar-refractivity contribution >= 4 is 23.5 Å². The van der Waals surface area contributed by atoms with Crippen LogP contribution in [0.2, 0.25) is 0 Å². The summed E-state index contributed by atoms with van der Waals surface area (Å²) in [7, 11) is 0. The van der Waals surface area contributed by atoms with Crippen LogP contribution in [0.4, 0.5) is 4.79 Å². The van der Waals surface area contributed by atoms with E-state index in [-0.39, 0.29) is 0 Å². The summed E-state index contributed by atoms with van der Waals surface area (Å²) in [6, 6.07) is 6.95. The molecule has 0 bridgehead atoms. The Balaban J connectivity index is 0.000000283. The largest absolute Gasteiger partial charge is 0.473 e. The summed E-state index contributed by atoms with van der Waals surface area (Å²) in [5.74, 6) is 3.14. The second-order valence-electron chi connectivity index (χ2n) is 8.80. The SMILES string of the molecule is CCCON(C=O)CCC.CCN1CC(c2ccc3c(c2)OCO3)CC1CCc1ncco1.CSC(=O)O. The molecular weight excluding hydrogens is 510 g/mol. The first-order valence-electron chi connectivity index (χ1n) is 13.1. The molecule has 1 saturated heterocycles. The van der Waals surface area contributed by atoms with Crippen LogP contribution in [0.1, 0.15) is 63.8 Å². The normalized spacial score (nSPS) is 17.7. The molecule has 4 rings (SSSR count). The lowest BCUT2D eigenvalue weighted by molar-refractivity contribution is -0.172. The first-order valence-corrected chi connectivity index (χ1v) is 14.3. The van der Waals surface area contributed by atoms with Crippen LogP contribution in [0, 0.1) is 0 Å². The third-order valence-electron chi connectivity index (χ3n) is 6.17. The topological polar surface area (TPSA) is 115 Å². The maximum absolute atomic E-state index is 10.2. The Bertz CT molecular complexity index is 945. The molecule has 2 aromatic rings. The summed E-state index contributed by atoms with van der Waals surface area (Å²) in [4.78, 5) is 31.4. The molecule has 0 saturated carbocycles. The Labute approximate surface area is 229 Å². The lowest BCUT2D eigenvalue weighted by Crippen LogP contribution is -2.29. The van der Waals surface area contributed by atoms with Crippen LogP contribution in [0.25, 0.3) is 0 Å². The summed E-state index contributed by atoms with van der Waals surface area (Å²) in [5.41, 5.74) is 1.35. The number of carboxylic acid groups (broad SMARTS) is 1. The predicted molar refractivity (Wildman–Crippen MR) is 147 cm³/mol. The van der Waals surface area contributed by atoms with Gasteiger partial charge in [-0.25, -0.2) is 14.8 Å². The van der Waals surface area contributed by atoms with E-state index in [0.717, 1.165) is 74.3 Å². The molecule has 38 heavy (non-hydrogen) atoms. The Hall–Kier alpha value is -2.76. The van der Waals surface area contributed by atoms with Gasteiger partial charge in [-0.3, -0.25) is 9.63 Å². The number of likely N-dealkylation sites (N-methyl/N-ethyl adjacent to an activating group) is 1. The first kappa shape index (κ1) is 31.5. The number of aromatic nitrogens is 1. The van der Waals surface area contributed by atoms with Gasteiger partial charge in [0, 0.05) is 25.6 Å². The number of carbonyl (C=O) groups excluding carboxylic acids is 1. The number of amides is 1. The van der Waals surface area contributed by atoms with Crippen molar-refractivity contribution in [3.8, 4) is 11.5 Å². The van der Waals surface area contributed by atoms with Gasteiger partial charge in [0.05, 0.1) is 12.8 Å². The number of thioether (sulfide) groups is 1. The van der Waals surface area contributed by atoms with Crippen LogP contribution in [0.3, 0.4) is 0 Å². The van der Waals surface area contributed by atoms with Gasteiger partial charge in [-0.1, -0.05) is 26.8 Å². The number of rotatable bonds is 11. The van der Waals surface area contributed by atoms with Crippen molar-refractivity contribution in [2.45, 2.75) is 64.8 Å². The van der Waals surface area contributed by atoms with Gasteiger partial charge in [-0.2, -0.15) is 0 Å². The zero-order valence-corrected chi connectivity index (χ0v) is 23.7. The molecule has 2 atom stereocenters. The number of nitrogens with zero attached hydrogens (tertiary/aromatic N) is 3. The van der Waals surface area contributed by atoms with E-state index in [1.807, 2.05) is 19.9 Å². The fraction of sp³-hybridized carbons (Fsp3) is 0.593. The number of hydrogen-bond donors (Lipinski definition) is 1. The second kappa shape index (κ2) is 17.7. The summed E-state index contributed by atoms with van der Waals surface area (Å²) >= 11 is 0.796. The van der Waals surface area contributed by atoms with Crippen molar-refractivity contribution in [1.29, 1.82) is 0 Å². The van der Waals surface area contributed by atoms with E-state index in [4.69, 9.17) is 23.8 Å². The van der Waals surface area contributed by atoms with Crippen LogP contribution in [-0.2, 0) is 16.1 Å². The lowest BCUT2D eigenvalue weighted by Gasteiger charge is -2.21. The van der Waals surface area contributed by atoms with Gasteiger partial charge in [0.15, 0.2) is 17.4 Å². The third-order valence-corrected chi connectivity index (χ3v) is 6.52. The molecule has 1 aromatic carbocycles. The van der Waals surface area contributed by atoms with Gasteiger partial charge in [0.25, 0.3) is 0 Å². The molecule has 10 nitrogen and oxygen atoms in total. The predicted octanol–water partition coefficient (Wildman–Crippen LogP) is 5.44. The molecule has 1 amide bonds. The van der Waals surface area contributed by atoms with Crippen molar-refractivity contribution < 1.29 is 33.4 Å². The maximum atomic E-state index is 10.2. The molecule has 2 unspecified atom stereocenters. The van der Waals surface area contributed by atoms with Crippen molar-refractivity contribution in [3.63, 3.8) is 0 Å². The fourth-order valence-electron chi connectivity index (χ4n) is 4.32. The number of ether oxygens (including phenoxy) is 2. The molecule has 11 heteroatoms. The number of oxazole rings is 1. The monoisotopic (exact) mass is 551 g/mol. The molecular formula is C27H41N3O7S. The summed E-state index contributed by atoms with van der Waals surface area (Å²) in [5, 5.41) is 8.19. The Morgan fingerprint density at radius 2 is 2.03 bits per heavy atom. The number of benzene rings is 1. The highest BCUT2D eigenvalue weighted by molar-refractivity contribution is 8.12. The van der Waals surface area contributed by atoms with Crippen LogP contribution in [0.15, 0.2) is 35.1 Å². The molecule has 0 aliphatic carbocycles. The van der Waals surface area contributed by atoms with E-state index in [1.165, 1.54) is 23.3 Å². The van der Waals surface area contributed by atoms with E-state index < -0.39 is 5.30 Å². The standard InChI is InChI=1S/C18H22N2O3.C7H15NO2.C2H4O2S/c1-2-20-11-14(9-15(20)4-6-18-19-7-8-21-18)13-3-5-16-17(10-13)23-12-22-16;1-3-5-8(7-9)10-6-4-2;1-5-2(3)4/h3,5,7-8,10,14-15H,2,4,6,9,11-12H2,1H3;7H,3-6H2,1-2H3;1H3,(H,3,4). The average Bonchev–Trinajstić information content (AvgIpc) is 3.70. The van der Waals surface area contributed by atoms with Crippen molar-refractivity contribution in [2.75, 3.05) is 39.3 Å². The van der Waals surface area contributed by atoms with Gasteiger partial charge in [-0.15, -0.1) is 0 Å². The zero-order valence-electron chi connectivity index (χ0n) is 22.8. The van der Waals surface area contributed by atoms with E-state index in [2.05, 4.69) is 28.9 Å². The highest BCUT2D eigenvalue weighted by atomic mass is 32.2. The van der Waals surface area contributed by atoms with Crippen molar-refractivity contribution in [3.05, 3.63) is 42.1 Å². The highest BCUT2D eigenvalue weighted by Crippen LogP contribution is 2.39. The van der Waals surface area contributed by atoms with Gasteiger partial charge in [-0.05, 0) is 73.9 Å². The van der Waals surface area contributed by atoms with E-state index in [9.17, 15) is 9.59 Å². The lowest BCUT2D eigenvalue weighted by atomic mass is 9.94. The van der Waals surface area contributed by atoms with Gasteiger partial charge >= 0.3 is 5.30 Å². The fourth-order valence-corrected chi connectivity index (χ4v) is 4.32. The first-order chi connectivity index (χ1) is 18.4. The Kier molecular flexibility index (Phi) is 14.6. The Morgan fingerprint density at radius 3 is 2.63 bits per heavy atom. The molecule has 2 aliphatic rings. The molecule has 1 fully saturated rings. The summed E-state index contributed by atoms with van der Waals surface area (Å²) in [6.45, 7) is 10.1. The minimum absolute atomic E-state index is 0.337. The maximum Gasteiger partial charge on any atom is 0.364 e. The zero-order chi connectivity index (χ0) is 27.8.